The number of halogens is 2. The average Bonchev–Trinajstić information content (AvgIpc) is 2.10. The summed E-state index contributed by atoms with van der Waals surface area (Å²) in [5.74, 6) is 0. The molecule has 0 spiro atoms. The number of hydrogen-bond donors (Lipinski definition) is 0. The predicted molar refractivity (Wildman–Crippen MR) is 37.9 cm³/mol. The highest BCUT2D eigenvalue weighted by atomic mass is 79.9. The van der Waals surface area contributed by atoms with E-state index in [0.717, 1.165) is 0 Å². The Kier molecular flexibility index (Phi) is 2.07. The predicted octanol–water partition coefficient (Wildman–Crippen LogP) is 0.861. The van der Waals surface area contributed by atoms with Gasteiger partial charge in [-0.25, -0.2) is 0 Å². The first kappa shape index (κ1) is 7.01. The Hall–Kier alpha value is -0.100. The van der Waals surface area contributed by atoms with Crippen LogP contribution in [0.25, 0.3) is 0 Å². The molecule has 1 heterocycles. The van der Waals surface area contributed by atoms with Gasteiger partial charge in [-0.05, 0) is 31.9 Å². The maximum atomic E-state index is 4.73. The minimum atomic E-state index is 0.497. The fourth-order valence-corrected chi connectivity index (χ4v) is 1.32. The molecule has 0 aliphatic carbocycles. The van der Waals surface area contributed by atoms with Gasteiger partial charge in [0.2, 0.25) is 9.47 Å². The minimum absolute atomic E-state index is 0.497. The van der Waals surface area contributed by atoms with Gasteiger partial charge in [0.05, 0.1) is 0 Å². The van der Waals surface area contributed by atoms with Crippen LogP contribution >= 0.6 is 31.9 Å². The van der Waals surface area contributed by atoms with Crippen molar-refractivity contribution in [1.29, 1.82) is 0 Å². The SMILES string of the molecule is COn1nc(Br)nc1Br. The van der Waals surface area contributed by atoms with E-state index >= 15 is 0 Å². The van der Waals surface area contributed by atoms with Crippen molar-refractivity contribution in [1.82, 2.24) is 14.9 Å². The van der Waals surface area contributed by atoms with Crippen LogP contribution in [0.5, 0.6) is 0 Å². The Morgan fingerprint density at radius 1 is 1.56 bits per heavy atom. The van der Waals surface area contributed by atoms with Crippen molar-refractivity contribution in [2.24, 2.45) is 0 Å². The van der Waals surface area contributed by atoms with Crippen LogP contribution in [-0.2, 0) is 0 Å². The monoisotopic (exact) mass is 255 g/mol. The molecule has 1 aromatic heterocycles. The van der Waals surface area contributed by atoms with Crippen LogP contribution in [0.4, 0.5) is 0 Å². The largest absolute Gasteiger partial charge is 0.398 e. The van der Waals surface area contributed by atoms with Gasteiger partial charge < -0.3 is 4.84 Å². The highest BCUT2D eigenvalue weighted by molar-refractivity contribution is 9.11. The topological polar surface area (TPSA) is 39.9 Å². The second-order valence-corrected chi connectivity index (χ2v) is 2.62. The van der Waals surface area contributed by atoms with Crippen LogP contribution in [0.3, 0.4) is 0 Å². The van der Waals surface area contributed by atoms with Crippen molar-refractivity contribution < 1.29 is 4.84 Å². The Bertz CT molecular complexity index is 211. The van der Waals surface area contributed by atoms with Crippen molar-refractivity contribution in [2.75, 3.05) is 7.11 Å². The summed E-state index contributed by atoms with van der Waals surface area (Å²) in [5.41, 5.74) is 0. The van der Waals surface area contributed by atoms with Crippen molar-refractivity contribution in [3.05, 3.63) is 9.47 Å². The molecule has 50 valence electrons. The minimum Gasteiger partial charge on any atom is -0.398 e. The lowest BCUT2D eigenvalue weighted by Crippen LogP contribution is -2.07. The smallest absolute Gasteiger partial charge is 0.235 e. The van der Waals surface area contributed by atoms with E-state index in [1.165, 1.54) is 12.0 Å². The Labute approximate surface area is 68.4 Å². The van der Waals surface area contributed by atoms with E-state index in [2.05, 4.69) is 41.9 Å². The maximum Gasteiger partial charge on any atom is 0.235 e. The van der Waals surface area contributed by atoms with Crippen LogP contribution in [0.15, 0.2) is 9.47 Å². The summed E-state index contributed by atoms with van der Waals surface area (Å²) in [5, 5.41) is 3.78. The molecule has 0 fully saturated rings. The Balaban J connectivity index is 3.01. The summed E-state index contributed by atoms with van der Waals surface area (Å²) >= 11 is 6.18. The van der Waals surface area contributed by atoms with E-state index in [1.807, 2.05) is 0 Å². The lowest BCUT2D eigenvalue weighted by atomic mass is 11.3. The van der Waals surface area contributed by atoms with Crippen molar-refractivity contribution in [3.8, 4) is 0 Å². The summed E-state index contributed by atoms with van der Waals surface area (Å²) in [6, 6.07) is 0. The highest BCUT2D eigenvalue weighted by Gasteiger charge is 2.02. The number of hydrogen-bond acceptors (Lipinski definition) is 3. The molecule has 0 amide bonds. The summed E-state index contributed by atoms with van der Waals surface area (Å²) < 4.78 is 1.04. The van der Waals surface area contributed by atoms with Gasteiger partial charge in [-0.15, -0.1) is 5.10 Å². The molecule has 1 rings (SSSR count). The van der Waals surface area contributed by atoms with Gasteiger partial charge >= 0.3 is 0 Å². The molecule has 0 saturated heterocycles. The molecule has 0 unspecified atom stereocenters. The van der Waals surface area contributed by atoms with E-state index in [1.54, 1.807) is 0 Å². The summed E-state index contributed by atoms with van der Waals surface area (Å²) in [4.78, 5) is 9.83. The number of rotatable bonds is 1. The first-order valence-corrected chi connectivity index (χ1v) is 3.65. The zero-order valence-electron chi connectivity index (χ0n) is 4.51. The van der Waals surface area contributed by atoms with Crippen LogP contribution in [-0.4, -0.2) is 22.0 Å². The van der Waals surface area contributed by atoms with Crippen LogP contribution < -0.4 is 4.84 Å². The second-order valence-electron chi connectivity index (χ2n) is 1.21. The molecule has 0 aromatic carbocycles. The fraction of sp³-hybridized carbons (Fsp3) is 0.333. The van der Waals surface area contributed by atoms with E-state index in [4.69, 9.17) is 4.84 Å². The van der Waals surface area contributed by atoms with Gasteiger partial charge in [0, 0.05) is 0 Å². The van der Waals surface area contributed by atoms with Gasteiger partial charge in [-0.1, -0.05) is 4.85 Å². The molecule has 0 aliphatic rings. The summed E-state index contributed by atoms with van der Waals surface area (Å²) in [6.45, 7) is 0. The van der Waals surface area contributed by atoms with E-state index in [0.29, 0.717) is 9.47 Å². The van der Waals surface area contributed by atoms with Gasteiger partial charge in [0.1, 0.15) is 7.11 Å². The lowest BCUT2D eigenvalue weighted by Gasteiger charge is -1.93. The molecule has 6 heteroatoms. The number of aromatic nitrogens is 3. The molecule has 0 atom stereocenters. The Morgan fingerprint density at radius 2 is 2.22 bits per heavy atom. The lowest BCUT2D eigenvalue weighted by molar-refractivity contribution is 0.126. The molecule has 0 saturated carbocycles. The van der Waals surface area contributed by atoms with Crippen molar-refractivity contribution in [3.63, 3.8) is 0 Å². The number of nitrogens with zero attached hydrogens (tertiary/aromatic N) is 3. The average molecular weight is 257 g/mol. The standard InChI is InChI=1S/C3H3Br2N3O/c1-9-8-3(5)6-2(4)7-8/h1H3. The summed E-state index contributed by atoms with van der Waals surface area (Å²) in [6.07, 6.45) is 0. The first-order chi connectivity index (χ1) is 4.24. The van der Waals surface area contributed by atoms with Gasteiger partial charge in [0.25, 0.3) is 0 Å². The third-order valence-electron chi connectivity index (χ3n) is 0.689. The third kappa shape index (κ3) is 1.42. The Morgan fingerprint density at radius 3 is 2.44 bits per heavy atom. The molecule has 0 N–H and O–H groups in total. The van der Waals surface area contributed by atoms with Gasteiger partial charge in [-0.3, -0.25) is 0 Å². The zero-order valence-corrected chi connectivity index (χ0v) is 7.68. The van der Waals surface area contributed by atoms with Crippen molar-refractivity contribution >= 4 is 31.9 Å². The van der Waals surface area contributed by atoms with E-state index in [-0.39, 0.29) is 0 Å². The molecule has 0 aliphatic heterocycles. The van der Waals surface area contributed by atoms with Crippen molar-refractivity contribution in [2.45, 2.75) is 0 Å². The normalized spacial score (nSPS) is 9.67. The second kappa shape index (κ2) is 2.66. The maximum absolute atomic E-state index is 4.73. The van der Waals surface area contributed by atoms with E-state index < -0.39 is 0 Å². The molecular weight excluding hydrogens is 254 g/mol. The van der Waals surface area contributed by atoms with E-state index in [9.17, 15) is 0 Å². The first-order valence-electron chi connectivity index (χ1n) is 2.06. The molecular formula is C3H3Br2N3O. The fourth-order valence-electron chi connectivity index (χ4n) is 0.374. The quantitative estimate of drug-likeness (QED) is 0.749. The van der Waals surface area contributed by atoms with Gasteiger partial charge in [-0.2, -0.15) is 4.98 Å². The van der Waals surface area contributed by atoms with Gasteiger partial charge in [0.15, 0.2) is 0 Å². The van der Waals surface area contributed by atoms with Crippen LogP contribution in [0.2, 0.25) is 0 Å². The highest BCUT2D eigenvalue weighted by Crippen LogP contribution is 2.08. The third-order valence-corrected chi connectivity index (χ3v) is 1.51. The van der Waals surface area contributed by atoms with Crippen LogP contribution in [0.1, 0.15) is 0 Å². The van der Waals surface area contributed by atoms with Crippen LogP contribution in [0, 0.1) is 0 Å². The zero-order chi connectivity index (χ0) is 6.85. The summed E-state index contributed by atoms with van der Waals surface area (Å²) in [7, 11) is 1.51. The molecule has 9 heavy (non-hydrogen) atoms. The molecule has 0 bridgehead atoms. The molecule has 0 radical (unpaired) electrons. The molecule has 1 aromatic rings. The molecule has 4 nitrogen and oxygen atoms in total.